The molecule has 1 aliphatic rings. The van der Waals surface area contributed by atoms with Crippen molar-refractivity contribution in [3.8, 4) is 0 Å². The van der Waals surface area contributed by atoms with Crippen molar-refractivity contribution < 1.29 is 9.63 Å². The lowest BCUT2D eigenvalue weighted by Crippen LogP contribution is -2.22. The first-order chi connectivity index (χ1) is 4.70. The van der Waals surface area contributed by atoms with Crippen LogP contribution in [0.15, 0.2) is 12.3 Å². The quantitative estimate of drug-likeness (QED) is 0.531. The molecule has 1 rings (SSSR count). The zero-order valence-electron chi connectivity index (χ0n) is 5.53. The van der Waals surface area contributed by atoms with Crippen LogP contribution in [-0.2, 0) is 9.63 Å². The van der Waals surface area contributed by atoms with E-state index in [-0.39, 0.29) is 5.97 Å². The number of carbonyl (C=O) groups is 1. The Hall–Kier alpha value is -0.900. The van der Waals surface area contributed by atoms with Crippen LogP contribution in [0.1, 0.15) is 13.3 Å². The number of hydrogen-bond acceptors (Lipinski definition) is 3. The number of hydroxylamine groups is 2. The highest BCUT2D eigenvalue weighted by atomic mass is 32.1. The van der Waals surface area contributed by atoms with Crippen molar-refractivity contribution in [3.05, 3.63) is 12.3 Å². The standard InChI is InChI=1S/C6H7NO2S/c1-5(8)9-7-4-2-3-6(7)10/h2,4H,3H2,1H3. The minimum Gasteiger partial charge on any atom is -0.336 e. The smallest absolute Gasteiger partial charge is 0.329 e. The van der Waals surface area contributed by atoms with Gasteiger partial charge >= 0.3 is 5.97 Å². The van der Waals surface area contributed by atoms with Crippen LogP contribution >= 0.6 is 12.2 Å². The second-order valence-corrected chi connectivity index (χ2v) is 2.36. The molecule has 0 saturated carbocycles. The number of hydrogen-bond donors (Lipinski definition) is 0. The van der Waals surface area contributed by atoms with Crippen LogP contribution in [0.5, 0.6) is 0 Å². The Morgan fingerprint density at radius 3 is 3.00 bits per heavy atom. The molecule has 0 amide bonds. The first-order valence-corrected chi connectivity index (χ1v) is 3.28. The molecule has 0 unspecified atom stereocenters. The summed E-state index contributed by atoms with van der Waals surface area (Å²) in [4.78, 5) is 15.7. The third-order valence-corrected chi connectivity index (χ3v) is 1.35. The van der Waals surface area contributed by atoms with E-state index in [1.165, 1.54) is 12.0 Å². The van der Waals surface area contributed by atoms with Crippen LogP contribution in [0.3, 0.4) is 0 Å². The van der Waals surface area contributed by atoms with Gasteiger partial charge in [0, 0.05) is 19.5 Å². The summed E-state index contributed by atoms with van der Waals surface area (Å²) >= 11 is 4.85. The van der Waals surface area contributed by atoms with Crippen molar-refractivity contribution in [2.24, 2.45) is 0 Å². The summed E-state index contributed by atoms with van der Waals surface area (Å²) in [5.74, 6) is -0.353. The number of rotatable bonds is 1. The largest absolute Gasteiger partial charge is 0.336 e. The van der Waals surface area contributed by atoms with Gasteiger partial charge in [-0.05, 0) is 0 Å². The summed E-state index contributed by atoms with van der Waals surface area (Å²) in [6, 6.07) is 0. The SMILES string of the molecule is CC(=O)ON1C=CCC1=S. The summed E-state index contributed by atoms with van der Waals surface area (Å²) in [6.07, 6.45) is 4.16. The lowest BCUT2D eigenvalue weighted by Gasteiger charge is -2.12. The molecule has 0 aromatic heterocycles. The molecule has 0 aromatic rings. The predicted octanol–water partition coefficient (Wildman–Crippen LogP) is 1.01. The minimum absolute atomic E-state index is 0.353. The Bertz CT molecular complexity index is 200. The van der Waals surface area contributed by atoms with E-state index in [1.807, 2.05) is 6.08 Å². The van der Waals surface area contributed by atoms with Gasteiger partial charge in [0.25, 0.3) is 0 Å². The average molecular weight is 157 g/mol. The highest BCUT2D eigenvalue weighted by molar-refractivity contribution is 7.80. The van der Waals surface area contributed by atoms with Crippen LogP contribution in [0.2, 0.25) is 0 Å². The van der Waals surface area contributed by atoms with E-state index in [1.54, 1.807) is 6.20 Å². The Kier molecular flexibility index (Phi) is 2.01. The summed E-state index contributed by atoms with van der Waals surface area (Å²) in [7, 11) is 0. The molecule has 54 valence electrons. The molecule has 0 radical (unpaired) electrons. The van der Waals surface area contributed by atoms with E-state index in [2.05, 4.69) is 4.84 Å². The second kappa shape index (κ2) is 2.79. The Morgan fingerprint density at radius 2 is 2.60 bits per heavy atom. The van der Waals surface area contributed by atoms with Gasteiger partial charge < -0.3 is 4.84 Å². The van der Waals surface area contributed by atoms with Gasteiger partial charge in [-0.3, -0.25) is 0 Å². The fourth-order valence-electron chi connectivity index (χ4n) is 0.642. The molecule has 0 aromatic carbocycles. The fraction of sp³-hybridized carbons (Fsp3) is 0.333. The lowest BCUT2D eigenvalue weighted by molar-refractivity contribution is -0.161. The van der Waals surface area contributed by atoms with Crippen LogP contribution in [0.25, 0.3) is 0 Å². The van der Waals surface area contributed by atoms with Crippen molar-refractivity contribution in [2.45, 2.75) is 13.3 Å². The molecule has 0 N–H and O–H groups in total. The van der Waals surface area contributed by atoms with E-state index in [4.69, 9.17) is 12.2 Å². The van der Waals surface area contributed by atoms with E-state index < -0.39 is 0 Å². The van der Waals surface area contributed by atoms with Gasteiger partial charge in [0.15, 0.2) is 0 Å². The maximum Gasteiger partial charge on any atom is 0.329 e. The molecular formula is C6H7NO2S. The normalized spacial score (nSPS) is 16.1. The third kappa shape index (κ3) is 1.54. The summed E-state index contributed by atoms with van der Waals surface area (Å²) in [6.45, 7) is 1.34. The van der Waals surface area contributed by atoms with Gasteiger partial charge in [-0.25, -0.2) is 4.79 Å². The van der Waals surface area contributed by atoms with Crippen molar-refractivity contribution in [3.63, 3.8) is 0 Å². The lowest BCUT2D eigenvalue weighted by atomic mass is 10.5. The molecule has 10 heavy (non-hydrogen) atoms. The van der Waals surface area contributed by atoms with Crippen molar-refractivity contribution in [1.29, 1.82) is 0 Å². The van der Waals surface area contributed by atoms with Gasteiger partial charge in [-0.1, -0.05) is 18.3 Å². The Morgan fingerprint density at radius 1 is 1.90 bits per heavy atom. The topological polar surface area (TPSA) is 29.5 Å². The van der Waals surface area contributed by atoms with Gasteiger partial charge in [-0.15, -0.1) is 0 Å². The van der Waals surface area contributed by atoms with E-state index in [0.29, 0.717) is 11.4 Å². The van der Waals surface area contributed by atoms with Crippen LogP contribution in [0, 0.1) is 0 Å². The van der Waals surface area contributed by atoms with E-state index >= 15 is 0 Å². The first-order valence-electron chi connectivity index (χ1n) is 2.87. The van der Waals surface area contributed by atoms with Gasteiger partial charge in [0.1, 0.15) is 4.99 Å². The number of nitrogens with zero attached hydrogens (tertiary/aromatic N) is 1. The molecule has 0 aliphatic carbocycles. The van der Waals surface area contributed by atoms with Crippen molar-refractivity contribution >= 4 is 23.2 Å². The zero-order chi connectivity index (χ0) is 7.56. The van der Waals surface area contributed by atoms with Crippen molar-refractivity contribution in [1.82, 2.24) is 5.06 Å². The molecule has 1 aliphatic heterocycles. The van der Waals surface area contributed by atoms with Crippen LogP contribution in [0.4, 0.5) is 0 Å². The Labute approximate surface area is 64.2 Å². The third-order valence-electron chi connectivity index (χ3n) is 1.01. The maximum absolute atomic E-state index is 10.4. The molecule has 1 heterocycles. The zero-order valence-corrected chi connectivity index (χ0v) is 6.35. The monoisotopic (exact) mass is 157 g/mol. The van der Waals surface area contributed by atoms with Gasteiger partial charge in [0.2, 0.25) is 0 Å². The second-order valence-electron chi connectivity index (χ2n) is 1.89. The number of thiocarbonyl (C=S) groups is 1. The molecule has 0 fully saturated rings. The highest BCUT2D eigenvalue weighted by Crippen LogP contribution is 2.08. The minimum atomic E-state index is -0.353. The van der Waals surface area contributed by atoms with Gasteiger partial charge in [-0.2, -0.15) is 5.06 Å². The Balaban J connectivity index is 2.48. The van der Waals surface area contributed by atoms with Gasteiger partial charge in [0.05, 0.1) is 0 Å². The van der Waals surface area contributed by atoms with E-state index in [0.717, 1.165) is 0 Å². The first kappa shape index (κ1) is 7.21. The maximum atomic E-state index is 10.4. The summed E-state index contributed by atoms with van der Waals surface area (Å²) in [5.41, 5.74) is 0. The summed E-state index contributed by atoms with van der Waals surface area (Å²) < 4.78 is 0. The van der Waals surface area contributed by atoms with E-state index in [9.17, 15) is 4.79 Å². The molecule has 0 saturated heterocycles. The molecule has 0 spiro atoms. The van der Waals surface area contributed by atoms with Crippen LogP contribution < -0.4 is 0 Å². The molecular weight excluding hydrogens is 150 g/mol. The van der Waals surface area contributed by atoms with Crippen molar-refractivity contribution in [2.75, 3.05) is 0 Å². The molecule has 3 nitrogen and oxygen atoms in total. The van der Waals surface area contributed by atoms with Crippen LogP contribution in [-0.4, -0.2) is 16.0 Å². The molecule has 4 heteroatoms. The fourth-order valence-corrected chi connectivity index (χ4v) is 0.837. The average Bonchev–Trinajstić information content (AvgIpc) is 2.15. The molecule has 0 bridgehead atoms. The summed E-state index contributed by atoms with van der Waals surface area (Å²) in [5, 5.41) is 1.30. The number of carbonyl (C=O) groups excluding carboxylic acids is 1. The predicted molar refractivity (Wildman–Crippen MR) is 40.0 cm³/mol. The highest BCUT2D eigenvalue weighted by Gasteiger charge is 2.13. The molecule has 0 atom stereocenters.